The zero-order chi connectivity index (χ0) is 23.4. The van der Waals surface area contributed by atoms with E-state index in [0.29, 0.717) is 43.2 Å². The molecule has 0 spiro atoms. The van der Waals surface area contributed by atoms with E-state index in [2.05, 4.69) is 10.3 Å². The van der Waals surface area contributed by atoms with E-state index in [-0.39, 0.29) is 24.3 Å². The number of hydrogen-bond acceptors (Lipinski definition) is 7. The number of aryl methyl sites for hydroxylation is 1. The molecular weight excluding hydrogens is 442 g/mol. The van der Waals surface area contributed by atoms with Gasteiger partial charge in [0.15, 0.2) is 17.3 Å². The minimum Gasteiger partial charge on any atom is -0.493 e. The topological polar surface area (TPSA) is 93.9 Å². The summed E-state index contributed by atoms with van der Waals surface area (Å²) in [7, 11) is 3.20. The van der Waals surface area contributed by atoms with Gasteiger partial charge in [-0.1, -0.05) is 0 Å². The van der Waals surface area contributed by atoms with Gasteiger partial charge in [0.2, 0.25) is 5.91 Å². The molecule has 1 aromatic carbocycles. The molecule has 1 aliphatic rings. The maximum atomic E-state index is 12.8. The van der Waals surface area contributed by atoms with Crippen molar-refractivity contribution >= 4 is 23.2 Å². The molecule has 0 bridgehead atoms. The zero-order valence-corrected chi connectivity index (χ0v) is 19.7. The van der Waals surface area contributed by atoms with Crippen molar-refractivity contribution in [1.29, 1.82) is 0 Å². The first-order valence-corrected chi connectivity index (χ1v) is 11.7. The Bertz CT molecular complexity index is 1130. The fourth-order valence-corrected chi connectivity index (χ4v) is 4.70. The molecule has 2 aromatic heterocycles. The average Bonchev–Trinajstić information content (AvgIpc) is 3.48. The number of ether oxygens (including phenoxy) is 2. The van der Waals surface area contributed by atoms with E-state index in [1.807, 2.05) is 35.4 Å². The van der Waals surface area contributed by atoms with Crippen LogP contribution in [0.25, 0.3) is 10.6 Å². The summed E-state index contributed by atoms with van der Waals surface area (Å²) < 4.78 is 15.9. The van der Waals surface area contributed by atoms with E-state index >= 15 is 0 Å². The lowest BCUT2D eigenvalue weighted by atomic mass is 10.0. The van der Waals surface area contributed by atoms with Crippen molar-refractivity contribution in [1.82, 2.24) is 15.2 Å². The number of methoxy groups -OCH3 is 2. The third kappa shape index (κ3) is 5.19. The number of furan rings is 1. The summed E-state index contributed by atoms with van der Waals surface area (Å²) in [6.45, 7) is 3.05. The van der Waals surface area contributed by atoms with E-state index in [9.17, 15) is 9.59 Å². The van der Waals surface area contributed by atoms with Gasteiger partial charge in [0.25, 0.3) is 5.91 Å². The normalized spacial score (nSPS) is 14.2. The molecule has 0 unspecified atom stereocenters. The zero-order valence-electron chi connectivity index (χ0n) is 18.9. The molecule has 2 amide bonds. The molecule has 1 N–H and O–H groups in total. The summed E-state index contributed by atoms with van der Waals surface area (Å²) in [5.41, 5.74) is 2.48. The highest BCUT2D eigenvalue weighted by Crippen LogP contribution is 2.33. The number of hydrogen-bond donors (Lipinski definition) is 1. The van der Waals surface area contributed by atoms with Crippen molar-refractivity contribution in [3.8, 4) is 22.1 Å². The molecule has 9 heteroatoms. The Kier molecular flexibility index (Phi) is 6.98. The number of piperidine rings is 1. The van der Waals surface area contributed by atoms with Gasteiger partial charge in [0.1, 0.15) is 5.01 Å². The van der Waals surface area contributed by atoms with Gasteiger partial charge in [-0.05, 0) is 44.0 Å². The van der Waals surface area contributed by atoms with Gasteiger partial charge in [-0.2, -0.15) is 0 Å². The van der Waals surface area contributed by atoms with Gasteiger partial charge in [-0.3, -0.25) is 9.59 Å². The Labute approximate surface area is 196 Å². The van der Waals surface area contributed by atoms with Crippen LogP contribution in [0.3, 0.4) is 0 Å². The molecule has 174 valence electrons. The standard InChI is InChI=1S/C24H27N3O5S/c1-15-8-11-32-22(15)23(29)25-17-6-9-27(10-7-17)21(28)13-18-14-33-24(26-18)16-4-5-19(30-2)20(12-16)31-3/h4-5,8,11-12,14,17H,6-7,9-10,13H2,1-3H3,(H,25,29). The SMILES string of the molecule is COc1ccc(-c2nc(CC(=O)N3CCC(NC(=O)c4occc4C)CC3)cs2)cc1OC. The van der Waals surface area contributed by atoms with Gasteiger partial charge in [0, 0.05) is 35.6 Å². The predicted molar refractivity (Wildman–Crippen MR) is 125 cm³/mol. The number of carbonyl (C=O) groups excluding carboxylic acids is 2. The van der Waals surface area contributed by atoms with E-state index in [1.54, 1.807) is 20.3 Å². The molecule has 33 heavy (non-hydrogen) atoms. The molecule has 3 heterocycles. The monoisotopic (exact) mass is 469 g/mol. The van der Waals surface area contributed by atoms with Crippen LogP contribution in [0.15, 0.2) is 40.3 Å². The van der Waals surface area contributed by atoms with Gasteiger partial charge in [0.05, 0.1) is 32.6 Å². The first-order chi connectivity index (χ1) is 16.0. The highest BCUT2D eigenvalue weighted by atomic mass is 32.1. The number of rotatable bonds is 7. The lowest BCUT2D eigenvalue weighted by Crippen LogP contribution is -2.47. The van der Waals surface area contributed by atoms with Crippen LogP contribution in [0.2, 0.25) is 0 Å². The van der Waals surface area contributed by atoms with E-state index in [0.717, 1.165) is 21.8 Å². The molecule has 1 fully saturated rings. The molecular formula is C24H27N3O5S. The third-order valence-electron chi connectivity index (χ3n) is 5.77. The fourth-order valence-electron chi connectivity index (χ4n) is 3.89. The first-order valence-electron chi connectivity index (χ1n) is 10.8. The quantitative estimate of drug-likeness (QED) is 0.567. The molecule has 8 nitrogen and oxygen atoms in total. The number of thiazole rings is 1. The average molecular weight is 470 g/mol. The Morgan fingerprint density at radius 2 is 1.94 bits per heavy atom. The second-order valence-corrected chi connectivity index (χ2v) is 8.81. The van der Waals surface area contributed by atoms with E-state index in [4.69, 9.17) is 13.9 Å². The number of benzene rings is 1. The maximum Gasteiger partial charge on any atom is 0.287 e. The van der Waals surface area contributed by atoms with Crippen molar-refractivity contribution in [2.24, 2.45) is 0 Å². The Morgan fingerprint density at radius 3 is 2.61 bits per heavy atom. The largest absolute Gasteiger partial charge is 0.493 e. The summed E-state index contributed by atoms with van der Waals surface area (Å²) in [6, 6.07) is 7.45. The van der Waals surface area contributed by atoms with Gasteiger partial charge in [-0.25, -0.2) is 4.98 Å². The van der Waals surface area contributed by atoms with Crippen LogP contribution in [0.1, 0.15) is 34.7 Å². The number of amides is 2. The minimum atomic E-state index is -0.201. The fraction of sp³-hybridized carbons (Fsp3) is 0.375. The molecule has 0 atom stereocenters. The van der Waals surface area contributed by atoms with Crippen LogP contribution in [0.5, 0.6) is 11.5 Å². The number of carbonyl (C=O) groups is 2. The number of likely N-dealkylation sites (tertiary alicyclic amines) is 1. The Hall–Kier alpha value is -3.33. The van der Waals surface area contributed by atoms with Gasteiger partial charge in [-0.15, -0.1) is 11.3 Å². The molecule has 0 radical (unpaired) electrons. The second-order valence-electron chi connectivity index (χ2n) is 7.95. The molecule has 1 aliphatic heterocycles. The van der Waals surface area contributed by atoms with Crippen LogP contribution >= 0.6 is 11.3 Å². The second kappa shape index (κ2) is 10.1. The third-order valence-corrected chi connectivity index (χ3v) is 6.71. The highest BCUT2D eigenvalue weighted by Gasteiger charge is 2.26. The van der Waals surface area contributed by atoms with Crippen molar-refractivity contribution in [3.05, 3.63) is 52.9 Å². The van der Waals surface area contributed by atoms with Crippen molar-refractivity contribution in [2.45, 2.75) is 32.2 Å². The number of aromatic nitrogens is 1. The van der Waals surface area contributed by atoms with E-state index in [1.165, 1.54) is 17.6 Å². The lowest BCUT2D eigenvalue weighted by molar-refractivity contribution is -0.131. The Balaban J connectivity index is 1.30. The van der Waals surface area contributed by atoms with E-state index < -0.39 is 0 Å². The molecule has 4 rings (SSSR count). The summed E-state index contributed by atoms with van der Waals surface area (Å²) in [4.78, 5) is 31.6. The summed E-state index contributed by atoms with van der Waals surface area (Å²) in [5.74, 6) is 1.49. The van der Waals surface area contributed by atoms with Gasteiger partial charge < -0.3 is 24.1 Å². The lowest BCUT2D eigenvalue weighted by Gasteiger charge is -2.32. The predicted octanol–water partition coefficient (Wildman–Crippen LogP) is 3.69. The minimum absolute atomic E-state index is 0.0296. The molecule has 1 saturated heterocycles. The smallest absolute Gasteiger partial charge is 0.287 e. The van der Waals surface area contributed by atoms with Crippen molar-refractivity contribution < 1.29 is 23.5 Å². The van der Waals surface area contributed by atoms with Gasteiger partial charge >= 0.3 is 0 Å². The number of nitrogens with one attached hydrogen (secondary N) is 1. The first kappa shape index (κ1) is 22.8. The maximum absolute atomic E-state index is 12.8. The highest BCUT2D eigenvalue weighted by molar-refractivity contribution is 7.13. The summed E-state index contributed by atoms with van der Waals surface area (Å²) in [6.07, 6.45) is 3.20. The van der Waals surface area contributed by atoms with Crippen LogP contribution in [-0.2, 0) is 11.2 Å². The number of nitrogens with zero attached hydrogens (tertiary/aromatic N) is 2. The summed E-state index contributed by atoms with van der Waals surface area (Å²) >= 11 is 1.50. The Morgan fingerprint density at radius 1 is 1.18 bits per heavy atom. The molecule has 0 aliphatic carbocycles. The summed E-state index contributed by atoms with van der Waals surface area (Å²) in [5, 5.41) is 5.76. The molecule has 3 aromatic rings. The van der Waals surface area contributed by atoms with Crippen LogP contribution in [-0.4, -0.2) is 55.0 Å². The van der Waals surface area contributed by atoms with Crippen molar-refractivity contribution in [2.75, 3.05) is 27.3 Å². The van der Waals surface area contributed by atoms with Crippen LogP contribution in [0.4, 0.5) is 0 Å². The van der Waals surface area contributed by atoms with Crippen LogP contribution < -0.4 is 14.8 Å². The van der Waals surface area contributed by atoms with Crippen molar-refractivity contribution in [3.63, 3.8) is 0 Å². The van der Waals surface area contributed by atoms with Crippen LogP contribution in [0, 0.1) is 6.92 Å². The molecule has 0 saturated carbocycles.